The smallest absolute Gasteiger partial charge is 0.292 e. The molecule has 17 heavy (non-hydrogen) atoms. The lowest BCUT2D eigenvalue weighted by molar-refractivity contribution is -0.384. The standard InChI is InChI=1S/C12H16N2O3/c1-3-4-10(8-15)13-11-7-9(2)5-6-12(11)14(16)17/h3,5-7,10,13,15H,1,4,8H2,2H3/t10-/m1/s1. The molecule has 0 aliphatic carbocycles. The third-order valence-electron chi connectivity index (χ3n) is 2.38. The summed E-state index contributed by atoms with van der Waals surface area (Å²) in [6.45, 7) is 5.34. The summed E-state index contributed by atoms with van der Waals surface area (Å²) in [6.07, 6.45) is 2.21. The summed E-state index contributed by atoms with van der Waals surface area (Å²) in [5.74, 6) is 0. The number of benzene rings is 1. The highest BCUT2D eigenvalue weighted by Gasteiger charge is 2.16. The third-order valence-corrected chi connectivity index (χ3v) is 2.38. The highest BCUT2D eigenvalue weighted by Crippen LogP contribution is 2.26. The van der Waals surface area contributed by atoms with E-state index in [-0.39, 0.29) is 18.3 Å². The number of nitrogens with one attached hydrogen (secondary N) is 1. The van der Waals surface area contributed by atoms with Gasteiger partial charge in [0.25, 0.3) is 5.69 Å². The van der Waals surface area contributed by atoms with Crippen molar-refractivity contribution in [2.75, 3.05) is 11.9 Å². The van der Waals surface area contributed by atoms with Gasteiger partial charge in [-0.3, -0.25) is 10.1 Å². The molecule has 1 aromatic carbocycles. The van der Waals surface area contributed by atoms with E-state index >= 15 is 0 Å². The van der Waals surface area contributed by atoms with Crippen LogP contribution in [-0.4, -0.2) is 22.7 Å². The molecule has 0 spiro atoms. The molecule has 0 bridgehead atoms. The number of nitro groups is 1. The zero-order valence-corrected chi connectivity index (χ0v) is 9.72. The van der Waals surface area contributed by atoms with Crippen molar-refractivity contribution in [3.05, 3.63) is 46.5 Å². The summed E-state index contributed by atoms with van der Waals surface area (Å²) in [6, 6.07) is 4.59. The van der Waals surface area contributed by atoms with Crippen molar-refractivity contribution >= 4 is 11.4 Å². The van der Waals surface area contributed by atoms with Crippen molar-refractivity contribution < 1.29 is 10.0 Å². The van der Waals surface area contributed by atoms with Crippen molar-refractivity contribution in [1.82, 2.24) is 0 Å². The molecule has 0 amide bonds. The third kappa shape index (κ3) is 3.57. The van der Waals surface area contributed by atoms with Gasteiger partial charge in [-0.25, -0.2) is 0 Å². The van der Waals surface area contributed by atoms with Gasteiger partial charge in [-0.2, -0.15) is 0 Å². The van der Waals surface area contributed by atoms with Crippen LogP contribution in [0.15, 0.2) is 30.9 Å². The minimum atomic E-state index is -0.440. The minimum Gasteiger partial charge on any atom is -0.394 e. The van der Waals surface area contributed by atoms with Crippen LogP contribution in [0.2, 0.25) is 0 Å². The van der Waals surface area contributed by atoms with Crippen LogP contribution in [0.1, 0.15) is 12.0 Å². The first-order chi connectivity index (χ1) is 8.08. The Morgan fingerprint density at radius 1 is 1.65 bits per heavy atom. The second-order valence-electron chi connectivity index (χ2n) is 3.83. The molecule has 1 aromatic rings. The molecule has 5 nitrogen and oxygen atoms in total. The van der Waals surface area contributed by atoms with Crippen molar-refractivity contribution in [1.29, 1.82) is 0 Å². The Labute approximate surface area is 99.9 Å². The lowest BCUT2D eigenvalue weighted by Crippen LogP contribution is -2.23. The van der Waals surface area contributed by atoms with Crippen LogP contribution in [0.4, 0.5) is 11.4 Å². The van der Waals surface area contributed by atoms with Crippen molar-refractivity contribution in [2.24, 2.45) is 0 Å². The van der Waals surface area contributed by atoms with Gasteiger partial charge in [0.05, 0.1) is 17.6 Å². The van der Waals surface area contributed by atoms with Crippen molar-refractivity contribution in [3.8, 4) is 0 Å². The van der Waals surface area contributed by atoms with Gasteiger partial charge in [-0.05, 0) is 25.0 Å². The Balaban J connectivity index is 2.98. The van der Waals surface area contributed by atoms with E-state index in [2.05, 4.69) is 11.9 Å². The molecule has 1 rings (SSSR count). The van der Waals surface area contributed by atoms with Crippen molar-refractivity contribution in [2.45, 2.75) is 19.4 Å². The Hall–Kier alpha value is -1.88. The summed E-state index contributed by atoms with van der Waals surface area (Å²) in [5.41, 5.74) is 1.36. The van der Waals surface area contributed by atoms with Gasteiger partial charge < -0.3 is 10.4 Å². The van der Waals surface area contributed by atoms with E-state index in [9.17, 15) is 10.1 Å². The fraction of sp³-hybridized carbons (Fsp3) is 0.333. The monoisotopic (exact) mass is 236 g/mol. The van der Waals surface area contributed by atoms with Crippen LogP contribution in [0.25, 0.3) is 0 Å². The average Bonchev–Trinajstić information content (AvgIpc) is 2.28. The molecular formula is C12H16N2O3. The summed E-state index contributed by atoms with van der Waals surface area (Å²) in [4.78, 5) is 10.4. The molecule has 0 aliphatic rings. The Bertz CT molecular complexity index is 418. The number of aliphatic hydroxyl groups excluding tert-OH is 1. The predicted octanol–water partition coefficient (Wildman–Crippen LogP) is 2.25. The molecule has 0 aromatic heterocycles. The van der Waals surface area contributed by atoms with Gasteiger partial charge in [0.1, 0.15) is 5.69 Å². The first-order valence-electron chi connectivity index (χ1n) is 5.31. The normalized spacial score (nSPS) is 11.9. The zero-order valence-electron chi connectivity index (χ0n) is 9.72. The number of rotatable bonds is 6. The van der Waals surface area contributed by atoms with Gasteiger partial charge in [0.2, 0.25) is 0 Å². The molecule has 0 aliphatic heterocycles. The number of aryl methyl sites for hydroxylation is 1. The second-order valence-corrected chi connectivity index (χ2v) is 3.83. The van der Waals surface area contributed by atoms with Crippen LogP contribution >= 0.6 is 0 Å². The molecule has 92 valence electrons. The van der Waals surface area contributed by atoms with E-state index in [1.165, 1.54) is 6.07 Å². The number of hydrogen-bond acceptors (Lipinski definition) is 4. The van der Waals surface area contributed by atoms with Gasteiger partial charge in [-0.15, -0.1) is 6.58 Å². The maximum atomic E-state index is 10.8. The largest absolute Gasteiger partial charge is 0.394 e. The molecule has 2 N–H and O–H groups in total. The van der Waals surface area contributed by atoms with Gasteiger partial charge in [0, 0.05) is 6.07 Å². The number of aliphatic hydroxyl groups is 1. The van der Waals surface area contributed by atoms with Crippen LogP contribution in [0.3, 0.4) is 0 Å². The summed E-state index contributed by atoms with van der Waals surface area (Å²) < 4.78 is 0. The maximum absolute atomic E-state index is 10.8. The average molecular weight is 236 g/mol. The Morgan fingerprint density at radius 2 is 2.35 bits per heavy atom. The molecule has 0 heterocycles. The quantitative estimate of drug-likeness (QED) is 0.451. The highest BCUT2D eigenvalue weighted by molar-refractivity contribution is 5.63. The summed E-state index contributed by atoms with van der Waals surface area (Å²) in [5, 5.41) is 22.9. The SMILES string of the molecule is C=CC[C@H](CO)Nc1cc(C)ccc1[N+](=O)[O-]. The maximum Gasteiger partial charge on any atom is 0.292 e. The van der Waals surface area contributed by atoms with Crippen LogP contribution < -0.4 is 5.32 Å². The first-order valence-corrected chi connectivity index (χ1v) is 5.31. The van der Waals surface area contributed by atoms with Crippen LogP contribution in [-0.2, 0) is 0 Å². The molecule has 0 fully saturated rings. The van der Waals surface area contributed by atoms with Crippen LogP contribution in [0.5, 0.6) is 0 Å². The topological polar surface area (TPSA) is 75.4 Å². The lowest BCUT2D eigenvalue weighted by atomic mass is 10.1. The molecule has 1 atom stereocenters. The molecular weight excluding hydrogens is 220 g/mol. The van der Waals surface area contributed by atoms with Gasteiger partial charge in [-0.1, -0.05) is 12.1 Å². The minimum absolute atomic E-state index is 0.0121. The van der Waals surface area contributed by atoms with E-state index in [0.717, 1.165) is 5.56 Å². The van der Waals surface area contributed by atoms with Gasteiger partial charge in [0.15, 0.2) is 0 Å². The van der Waals surface area contributed by atoms with Gasteiger partial charge >= 0.3 is 0 Å². The summed E-state index contributed by atoms with van der Waals surface area (Å²) in [7, 11) is 0. The molecule has 5 heteroatoms. The fourth-order valence-electron chi connectivity index (χ4n) is 1.52. The first kappa shape index (κ1) is 13.2. The highest BCUT2D eigenvalue weighted by atomic mass is 16.6. The lowest BCUT2D eigenvalue weighted by Gasteiger charge is -2.16. The predicted molar refractivity (Wildman–Crippen MR) is 67.1 cm³/mol. The number of anilines is 1. The molecule has 0 saturated carbocycles. The fourth-order valence-corrected chi connectivity index (χ4v) is 1.52. The molecule has 0 radical (unpaired) electrons. The van der Waals surface area contributed by atoms with Crippen molar-refractivity contribution in [3.63, 3.8) is 0 Å². The van der Waals surface area contributed by atoms with E-state index in [0.29, 0.717) is 12.1 Å². The van der Waals surface area contributed by atoms with E-state index in [1.807, 2.05) is 6.92 Å². The number of nitrogens with zero attached hydrogens (tertiary/aromatic N) is 1. The van der Waals surface area contributed by atoms with E-state index in [4.69, 9.17) is 5.11 Å². The second kappa shape index (κ2) is 6.00. The van der Waals surface area contributed by atoms with E-state index < -0.39 is 4.92 Å². The number of nitro benzene ring substituents is 1. The zero-order chi connectivity index (χ0) is 12.8. The van der Waals surface area contributed by atoms with Crippen LogP contribution in [0, 0.1) is 17.0 Å². The Kier molecular flexibility index (Phi) is 4.66. The van der Waals surface area contributed by atoms with E-state index in [1.54, 1.807) is 18.2 Å². The summed E-state index contributed by atoms with van der Waals surface area (Å²) >= 11 is 0. The molecule has 0 saturated heterocycles. The molecule has 0 unspecified atom stereocenters. The number of hydrogen-bond donors (Lipinski definition) is 2. The Morgan fingerprint density at radius 3 is 2.88 bits per heavy atom.